The van der Waals surface area contributed by atoms with Gasteiger partial charge >= 0.3 is 0 Å². The molecule has 3 rings (SSSR count). The quantitative estimate of drug-likeness (QED) is 0.805. The third-order valence-corrected chi connectivity index (χ3v) is 4.81. The summed E-state index contributed by atoms with van der Waals surface area (Å²) in [6, 6.07) is 13.7. The molecule has 1 N–H and O–H groups in total. The fourth-order valence-corrected chi connectivity index (χ4v) is 3.42. The predicted molar refractivity (Wildman–Crippen MR) is 106 cm³/mol. The van der Waals surface area contributed by atoms with Gasteiger partial charge < -0.3 is 15.0 Å². The van der Waals surface area contributed by atoms with Gasteiger partial charge in [0.25, 0.3) is 0 Å². The summed E-state index contributed by atoms with van der Waals surface area (Å²) in [5, 5.41) is 3.48. The topological polar surface area (TPSA) is 41.6 Å². The molecule has 1 atom stereocenters. The summed E-state index contributed by atoms with van der Waals surface area (Å²) in [6.45, 7) is 3.05. The number of carbonyl (C=O) groups is 1. The van der Waals surface area contributed by atoms with Crippen LogP contribution in [0.2, 0.25) is 5.02 Å². The Balaban J connectivity index is 1.48. The molecule has 2 aromatic carbocycles. The molecule has 2 aromatic rings. The van der Waals surface area contributed by atoms with E-state index in [2.05, 4.69) is 10.2 Å². The van der Waals surface area contributed by atoms with Crippen LogP contribution in [-0.4, -0.2) is 43.2 Å². The van der Waals surface area contributed by atoms with Crippen molar-refractivity contribution in [2.75, 3.05) is 31.6 Å². The lowest BCUT2D eigenvalue weighted by Crippen LogP contribution is -2.35. The first kappa shape index (κ1) is 19.8. The highest BCUT2D eigenvalue weighted by molar-refractivity contribution is 6.30. The number of hydrogen-bond donors (Lipinski definition) is 1. The predicted octanol–water partition coefficient (Wildman–Crippen LogP) is 4.14. The van der Waals surface area contributed by atoms with Crippen molar-refractivity contribution < 1.29 is 13.9 Å². The number of benzene rings is 2. The minimum Gasteiger partial charge on any atom is -0.376 e. The second-order valence-electron chi connectivity index (χ2n) is 6.79. The van der Waals surface area contributed by atoms with E-state index < -0.39 is 0 Å². The van der Waals surface area contributed by atoms with E-state index in [9.17, 15) is 9.18 Å². The third kappa shape index (κ3) is 6.61. The first-order valence-corrected chi connectivity index (χ1v) is 9.60. The van der Waals surface area contributed by atoms with Gasteiger partial charge in [-0.1, -0.05) is 29.8 Å². The van der Waals surface area contributed by atoms with Crippen LogP contribution in [0.5, 0.6) is 0 Å². The van der Waals surface area contributed by atoms with Crippen LogP contribution in [0.1, 0.15) is 18.4 Å². The molecular formula is C21H24ClFN2O2. The van der Waals surface area contributed by atoms with Gasteiger partial charge in [-0.05, 0) is 48.7 Å². The van der Waals surface area contributed by atoms with Gasteiger partial charge in [0.05, 0.1) is 6.10 Å². The molecule has 144 valence electrons. The lowest BCUT2D eigenvalue weighted by atomic mass is 10.1. The molecular weight excluding hydrogens is 367 g/mol. The van der Waals surface area contributed by atoms with Crippen LogP contribution < -0.4 is 5.32 Å². The normalized spacial score (nSPS) is 18.1. The Morgan fingerprint density at radius 1 is 1.26 bits per heavy atom. The van der Waals surface area contributed by atoms with Crippen molar-refractivity contribution in [3.8, 4) is 0 Å². The molecule has 0 radical (unpaired) electrons. The zero-order valence-electron chi connectivity index (χ0n) is 15.2. The van der Waals surface area contributed by atoms with Gasteiger partial charge in [0, 0.05) is 43.4 Å². The third-order valence-electron chi connectivity index (χ3n) is 4.57. The number of anilines is 1. The first-order valence-electron chi connectivity index (χ1n) is 9.22. The van der Waals surface area contributed by atoms with Crippen LogP contribution in [0.3, 0.4) is 0 Å². The Kier molecular flexibility index (Phi) is 7.21. The van der Waals surface area contributed by atoms with Crippen molar-refractivity contribution in [2.45, 2.75) is 25.4 Å². The molecule has 27 heavy (non-hydrogen) atoms. The number of halogens is 2. The van der Waals surface area contributed by atoms with Gasteiger partial charge in [0.2, 0.25) is 5.91 Å². The van der Waals surface area contributed by atoms with Gasteiger partial charge in [-0.3, -0.25) is 4.79 Å². The number of carbonyl (C=O) groups excluding carboxylic acids is 1. The number of rotatable bonds is 6. The minimum atomic E-state index is -0.229. The van der Waals surface area contributed by atoms with Crippen molar-refractivity contribution in [3.05, 3.63) is 64.9 Å². The van der Waals surface area contributed by atoms with Gasteiger partial charge in [0.15, 0.2) is 0 Å². The minimum absolute atomic E-state index is 0.0301. The van der Waals surface area contributed by atoms with E-state index in [-0.39, 0.29) is 17.8 Å². The fraction of sp³-hybridized carbons (Fsp3) is 0.381. The maximum Gasteiger partial charge on any atom is 0.225 e. The molecule has 1 saturated heterocycles. The molecule has 1 fully saturated rings. The number of nitrogens with one attached hydrogen (secondary N) is 1. The first-order chi connectivity index (χ1) is 13.1. The Bertz CT molecular complexity index is 754. The van der Waals surface area contributed by atoms with E-state index >= 15 is 0 Å². The van der Waals surface area contributed by atoms with Crippen molar-refractivity contribution in [1.29, 1.82) is 0 Å². The SMILES string of the molecule is O=C(CCN1CCCOC(Cc2ccc(F)cc2)C1)Nc1cccc(Cl)c1. The summed E-state index contributed by atoms with van der Waals surface area (Å²) in [6.07, 6.45) is 2.14. The molecule has 4 nitrogen and oxygen atoms in total. The molecule has 1 aliphatic rings. The summed E-state index contributed by atoms with van der Waals surface area (Å²) >= 11 is 5.94. The highest BCUT2D eigenvalue weighted by atomic mass is 35.5. The molecule has 1 unspecified atom stereocenters. The average molecular weight is 391 g/mol. The standard InChI is InChI=1S/C21H24ClFN2O2/c22-17-3-1-4-19(14-17)24-21(26)9-11-25-10-2-12-27-20(15-25)13-16-5-7-18(23)8-6-16/h1,3-8,14,20H,2,9-13,15H2,(H,24,26). The monoisotopic (exact) mass is 390 g/mol. The molecule has 0 aromatic heterocycles. The Morgan fingerprint density at radius 2 is 2.07 bits per heavy atom. The van der Waals surface area contributed by atoms with Gasteiger partial charge in [0.1, 0.15) is 5.82 Å². The molecule has 1 aliphatic heterocycles. The van der Waals surface area contributed by atoms with Crippen molar-refractivity contribution in [2.24, 2.45) is 0 Å². The smallest absolute Gasteiger partial charge is 0.225 e. The molecule has 1 amide bonds. The number of hydrogen-bond acceptors (Lipinski definition) is 3. The van der Waals surface area contributed by atoms with E-state index in [4.69, 9.17) is 16.3 Å². The van der Waals surface area contributed by atoms with Crippen molar-refractivity contribution in [3.63, 3.8) is 0 Å². The molecule has 0 bridgehead atoms. The second kappa shape index (κ2) is 9.83. The van der Waals surface area contributed by atoms with Crippen LogP contribution >= 0.6 is 11.6 Å². The van der Waals surface area contributed by atoms with E-state index in [1.54, 1.807) is 24.3 Å². The summed E-state index contributed by atoms with van der Waals surface area (Å²) in [4.78, 5) is 14.5. The van der Waals surface area contributed by atoms with E-state index in [1.807, 2.05) is 12.1 Å². The molecule has 0 saturated carbocycles. The highest BCUT2D eigenvalue weighted by Crippen LogP contribution is 2.16. The average Bonchev–Trinajstić information content (AvgIpc) is 2.87. The zero-order chi connectivity index (χ0) is 19.1. The van der Waals surface area contributed by atoms with Gasteiger partial charge in [-0.2, -0.15) is 0 Å². The highest BCUT2D eigenvalue weighted by Gasteiger charge is 2.19. The molecule has 0 spiro atoms. The molecule has 0 aliphatic carbocycles. The van der Waals surface area contributed by atoms with Gasteiger partial charge in [-0.25, -0.2) is 4.39 Å². The molecule has 1 heterocycles. The Morgan fingerprint density at radius 3 is 2.85 bits per heavy atom. The lowest BCUT2D eigenvalue weighted by molar-refractivity contribution is -0.116. The van der Waals surface area contributed by atoms with Crippen molar-refractivity contribution in [1.82, 2.24) is 4.90 Å². The maximum absolute atomic E-state index is 13.1. The zero-order valence-corrected chi connectivity index (χ0v) is 15.9. The van der Waals surface area contributed by atoms with Crippen LogP contribution in [0, 0.1) is 5.82 Å². The van der Waals surface area contributed by atoms with Crippen LogP contribution in [0.25, 0.3) is 0 Å². The molecule has 6 heteroatoms. The van der Waals surface area contributed by atoms with Crippen molar-refractivity contribution >= 4 is 23.2 Å². The number of nitrogens with zero attached hydrogens (tertiary/aromatic N) is 1. The lowest BCUT2D eigenvalue weighted by Gasteiger charge is -2.23. The second-order valence-corrected chi connectivity index (χ2v) is 7.22. The number of ether oxygens (including phenoxy) is 1. The summed E-state index contributed by atoms with van der Waals surface area (Å²) in [7, 11) is 0. The summed E-state index contributed by atoms with van der Waals surface area (Å²) in [5.41, 5.74) is 1.77. The van der Waals surface area contributed by atoms with E-state index in [0.717, 1.165) is 31.5 Å². The number of amides is 1. The summed E-state index contributed by atoms with van der Waals surface area (Å²) in [5.74, 6) is -0.259. The summed E-state index contributed by atoms with van der Waals surface area (Å²) < 4.78 is 19.0. The van der Waals surface area contributed by atoms with Crippen LogP contribution in [0.4, 0.5) is 10.1 Å². The van der Waals surface area contributed by atoms with Crippen LogP contribution in [0.15, 0.2) is 48.5 Å². The maximum atomic E-state index is 13.1. The van der Waals surface area contributed by atoms with E-state index in [0.29, 0.717) is 30.3 Å². The Labute approximate surface area is 164 Å². The van der Waals surface area contributed by atoms with E-state index in [1.165, 1.54) is 12.1 Å². The fourth-order valence-electron chi connectivity index (χ4n) is 3.23. The van der Waals surface area contributed by atoms with Gasteiger partial charge in [-0.15, -0.1) is 0 Å². The van der Waals surface area contributed by atoms with Crippen LogP contribution in [-0.2, 0) is 16.0 Å². The largest absolute Gasteiger partial charge is 0.376 e. The Hall–Kier alpha value is -1.95.